The average Bonchev–Trinajstić information content (AvgIpc) is 2.46. The Morgan fingerprint density at radius 1 is 1.14 bits per heavy atom. The summed E-state index contributed by atoms with van der Waals surface area (Å²) in [7, 11) is 0. The number of fused-ring (bicyclic) bond motifs is 1. The topological polar surface area (TPSA) is 12.9 Å². The first kappa shape index (κ1) is 11.0. The van der Waals surface area contributed by atoms with Gasteiger partial charge in [-0.3, -0.25) is 4.98 Å². The molecule has 1 heterocycles. The summed E-state index contributed by atoms with van der Waals surface area (Å²) in [6.45, 7) is 10.4. The van der Waals surface area contributed by atoms with Crippen LogP contribution < -0.4 is 0 Å². The minimum absolute atomic E-state index is 0.500. The van der Waals surface area contributed by atoms with Crippen LogP contribution in [0.4, 0.5) is 0 Å². The largest absolute Gasteiger partial charge is 0.257 e. The Labute approximate surface area is 86.9 Å². The molecule has 0 aliphatic heterocycles. The number of pyridine rings is 1. The van der Waals surface area contributed by atoms with E-state index in [1.54, 1.807) is 0 Å². The van der Waals surface area contributed by atoms with E-state index in [1.165, 1.54) is 16.8 Å². The predicted octanol–water partition coefficient (Wildman–Crippen LogP) is 3.94. The molecular weight excluding hydrogens is 170 g/mol. The van der Waals surface area contributed by atoms with Gasteiger partial charge in [0.25, 0.3) is 0 Å². The Morgan fingerprint density at radius 2 is 1.79 bits per heavy atom. The summed E-state index contributed by atoms with van der Waals surface area (Å²) in [6, 6.07) is 4.25. The fraction of sp³-hybridized carbons (Fsp3) is 0.462. The summed E-state index contributed by atoms with van der Waals surface area (Å²) >= 11 is 0. The molecule has 1 atom stereocenters. The molecule has 1 unspecified atom stereocenters. The zero-order valence-corrected chi connectivity index (χ0v) is 9.76. The maximum absolute atomic E-state index is 4.53. The first-order chi connectivity index (χ1) is 6.68. The molecule has 1 aromatic rings. The summed E-state index contributed by atoms with van der Waals surface area (Å²) in [6.07, 6.45) is 2.27. The number of nitrogens with zero attached hydrogens (tertiary/aromatic N) is 1. The lowest BCUT2D eigenvalue weighted by Gasteiger charge is -2.04. The fourth-order valence-corrected chi connectivity index (χ4v) is 1.80. The monoisotopic (exact) mass is 189 g/mol. The standard InChI is InChI=1S/C11H13N.C2H6/c1-7-6-8(2)11-10(7)5-4-9(3)12-11;1-2/h4-6,8H,1-3H3;1-2H3. The summed E-state index contributed by atoms with van der Waals surface area (Å²) in [4.78, 5) is 4.53. The molecule has 1 aromatic heterocycles. The molecule has 0 radical (unpaired) electrons. The van der Waals surface area contributed by atoms with Crippen LogP contribution in [0.2, 0.25) is 0 Å². The second kappa shape index (κ2) is 4.41. The predicted molar refractivity (Wildman–Crippen MR) is 62.4 cm³/mol. The van der Waals surface area contributed by atoms with Crippen LogP contribution >= 0.6 is 0 Å². The van der Waals surface area contributed by atoms with Crippen molar-refractivity contribution in [2.75, 3.05) is 0 Å². The summed E-state index contributed by atoms with van der Waals surface area (Å²) in [5.41, 5.74) is 5.05. The molecule has 1 heteroatoms. The molecule has 0 saturated carbocycles. The van der Waals surface area contributed by atoms with Crippen LogP contribution in [0.15, 0.2) is 18.2 Å². The van der Waals surface area contributed by atoms with Gasteiger partial charge in [-0.2, -0.15) is 0 Å². The third-order valence-electron chi connectivity index (χ3n) is 2.42. The van der Waals surface area contributed by atoms with Gasteiger partial charge in [-0.05, 0) is 31.1 Å². The Morgan fingerprint density at radius 3 is 2.43 bits per heavy atom. The number of rotatable bonds is 0. The molecule has 0 spiro atoms. The Hall–Kier alpha value is -1.11. The molecule has 14 heavy (non-hydrogen) atoms. The van der Waals surface area contributed by atoms with E-state index in [0.717, 1.165) is 5.69 Å². The molecule has 0 fully saturated rings. The molecule has 1 nitrogen and oxygen atoms in total. The zero-order chi connectivity index (χ0) is 10.7. The van der Waals surface area contributed by atoms with Crippen molar-refractivity contribution in [3.8, 4) is 0 Å². The van der Waals surface area contributed by atoms with Gasteiger partial charge in [-0.25, -0.2) is 0 Å². The van der Waals surface area contributed by atoms with Crippen molar-refractivity contribution in [1.29, 1.82) is 0 Å². The van der Waals surface area contributed by atoms with E-state index < -0.39 is 0 Å². The molecular formula is C13H19N. The van der Waals surface area contributed by atoms with Crippen LogP contribution in [0, 0.1) is 6.92 Å². The Kier molecular flexibility index (Phi) is 3.45. The van der Waals surface area contributed by atoms with E-state index in [-0.39, 0.29) is 0 Å². The quantitative estimate of drug-likeness (QED) is 0.602. The third kappa shape index (κ3) is 1.87. The van der Waals surface area contributed by atoms with Gasteiger partial charge in [0.05, 0.1) is 5.69 Å². The van der Waals surface area contributed by atoms with Gasteiger partial charge in [0.15, 0.2) is 0 Å². The highest BCUT2D eigenvalue weighted by molar-refractivity contribution is 5.71. The van der Waals surface area contributed by atoms with Crippen molar-refractivity contribution in [2.45, 2.75) is 40.5 Å². The molecule has 0 bridgehead atoms. The third-order valence-corrected chi connectivity index (χ3v) is 2.42. The highest BCUT2D eigenvalue weighted by Gasteiger charge is 2.18. The van der Waals surface area contributed by atoms with Crippen LogP contribution in [0.5, 0.6) is 0 Å². The Balaban J connectivity index is 0.000000461. The molecule has 0 saturated heterocycles. The lowest BCUT2D eigenvalue weighted by Crippen LogP contribution is -1.94. The summed E-state index contributed by atoms with van der Waals surface area (Å²) in [5.74, 6) is 0.500. The smallest absolute Gasteiger partial charge is 0.0547 e. The van der Waals surface area contributed by atoms with Gasteiger partial charge in [0.2, 0.25) is 0 Å². The molecule has 1 aliphatic carbocycles. The normalized spacial score (nSPS) is 18.1. The Bertz CT molecular complexity index is 350. The first-order valence-electron chi connectivity index (χ1n) is 5.35. The SMILES string of the molecule is CC.CC1=CC(C)c2nc(C)ccc21. The van der Waals surface area contributed by atoms with E-state index in [9.17, 15) is 0 Å². The number of aromatic nitrogens is 1. The number of aryl methyl sites for hydroxylation is 1. The maximum Gasteiger partial charge on any atom is 0.0547 e. The lowest BCUT2D eigenvalue weighted by molar-refractivity contribution is 0.912. The van der Waals surface area contributed by atoms with Crippen LogP contribution in [-0.2, 0) is 0 Å². The minimum atomic E-state index is 0.500. The van der Waals surface area contributed by atoms with Gasteiger partial charge >= 0.3 is 0 Å². The van der Waals surface area contributed by atoms with Crippen molar-refractivity contribution in [3.05, 3.63) is 35.2 Å². The van der Waals surface area contributed by atoms with Crippen molar-refractivity contribution >= 4 is 5.57 Å². The van der Waals surface area contributed by atoms with Gasteiger partial charge in [0, 0.05) is 11.6 Å². The molecule has 76 valence electrons. The second-order valence-electron chi connectivity index (χ2n) is 3.52. The van der Waals surface area contributed by atoms with E-state index >= 15 is 0 Å². The number of hydrogen-bond donors (Lipinski definition) is 0. The number of allylic oxidation sites excluding steroid dienone is 2. The highest BCUT2D eigenvalue weighted by Crippen LogP contribution is 2.33. The maximum atomic E-state index is 4.53. The van der Waals surface area contributed by atoms with Crippen LogP contribution in [0.1, 0.15) is 50.6 Å². The van der Waals surface area contributed by atoms with E-state index in [2.05, 4.69) is 37.0 Å². The van der Waals surface area contributed by atoms with Crippen LogP contribution in [-0.4, -0.2) is 4.98 Å². The molecule has 0 amide bonds. The van der Waals surface area contributed by atoms with Gasteiger partial charge in [-0.15, -0.1) is 0 Å². The van der Waals surface area contributed by atoms with Crippen molar-refractivity contribution in [2.24, 2.45) is 0 Å². The molecule has 2 rings (SSSR count). The lowest BCUT2D eigenvalue weighted by atomic mass is 10.1. The molecule has 0 N–H and O–H groups in total. The summed E-state index contributed by atoms with van der Waals surface area (Å²) < 4.78 is 0. The van der Waals surface area contributed by atoms with Crippen molar-refractivity contribution in [3.63, 3.8) is 0 Å². The van der Waals surface area contributed by atoms with Gasteiger partial charge in [0.1, 0.15) is 0 Å². The zero-order valence-electron chi connectivity index (χ0n) is 9.76. The fourth-order valence-electron chi connectivity index (χ4n) is 1.80. The number of hydrogen-bond acceptors (Lipinski definition) is 1. The second-order valence-corrected chi connectivity index (χ2v) is 3.52. The highest BCUT2D eigenvalue weighted by atomic mass is 14.7. The van der Waals surface area contributed by atoms with Gasteiger partial charge in [-0.1, -0.05) is 32.9 Å². The van der Waals surface area contributed by atoms with Crippen LogP contribution in [0.25, 0.3) is 5.57 Å². The summed E-state index contributed by atoms with van der Waals surface area (Å²) in [5, 5.41) is 0. The average molecular weight is 189 g/mol. The first-order valence-corrected chi connectivity index (χ1v) is 5.35. The van der Waals surface area contributed by atoms with E-state index in [4.69, 9.17) is 0 Å². The minimum Gasteiger partial charge on any atom is -0.257 e. The van der Waals surface area contributed by atoms with Crippen molar-refractivity contribution in [1.82, 2.24) is 4.98 Å². The molecule has 0 aromatic carbocycles. The molecule has 1 aliphatic rings. The van der Waals surface area contributed by atoms with Crippen molar-refractivity contribution < 1.29 is 0 Å². The van der Waals surface area contributed by atoms with Crippen LogP contribution in [0.3, 0.4) is 0 Å². The van der Waals surface area contributed by atoms with E-state index in [0.29, 0.717) is 5.92 Å². The van der Waals surface area contributed by atoms with E-state index in [1.807, 2.05) is 20.8 Å². The van der Waals surface area contributed by atoms with Gasteiger partial charge < -0.3 is 0 Å².